The zero-order valence-corrected chi connectivity index (χ0v) is 28.8. The second kappa shape index (κ2) is 12.9. The summed E-state index contributed by atoms with van der Waals surface area (Å²) in [4.78, 5) is 10.7. The molecule has 0 aliphatic carbocycles. The Morgan fingerprint density at radius 3 is 1.75 bits per heavy atom. The molecule has 0 N–H and O–H groups in total. The molecular formula is C50H32N2O. The minimum atomic E-state index is 0.677. The lowest BCUT2D eigenvalue weighted by Gasteiger charge is -2.15. The minimum Gasteiger partial charge on any atom is -0.455 e. The Hall–Kier alpha value is -7.10. The fraction of sp³-hybridized carbons (Fsp3) is 0. The number of furan rings is 1. The average molecular weight is 677 g/mol. The van der Waals surface area contributed by atoms with Gasteiger partial charge in [-0.1, -0.05) is 158 Å². The van der Waals surface area contributed by atoms with Crippen LogP contribution in [-0.2, 0) is 0 Å². The lowest BCUT2D eigenvalue weighted by molar-refractivity contribution is 0.670. The summed E-state index contributed by atoms with van der Waals surface area (Å²) in [7, 11) is 0. The van der Waals surface area contributed by atoms with E-state index in [9.17, 15) is 0 Å². The molecule has 0 bridgehead atoms. The zero-order chi connectivity index (χ0) is 35.1. The van der Waals surface area contributed by atoms with Crippen molar-refractivity contribution in [1.82, 2.24) is 9.97 Å². The summed E-state index contributed by atoms with van der Waals surface area (Å²) in [5.74, 6) is 0.677. The monoisotopic (exact) mass is 676 g/mol. The largest absolute Gasteiger partial charge is 0.455 e. The van der Waals surface area contributed by atoms with E-state index in [1.54, 1.807) is 0 Å². The van der Waals surface area contributed by atoms with Gasteiger partial charge in [0, 0.05) is 33.0 Å². The Morgan fingerprint density at radius 1 is 0.321 bits per heavy atom. The number of aromatic nitrogens is 2. The first-order valence-electron chi connectivity index (χ1n) is 17.9. The normalized spacial score (nSPS) is 11.4. The summed E-state index contributed by atoms with van der Waals surface area (Å²) in [6, 6.07) is 68.0. The molecule has 10 rings (SSSR count). The average Bonchev–Trinajstić information content (AvgIpc) is 3.63. The molecule has 2 heterocycles. The van der Waals surface area contributed by atoms with Crippen molar-refractivity contribution >= 4 is 32.7 Å². The lowest BCUT2D eigenvalue weighted by Crippen LogP contribution is -1.98. The Kier molecular flexibility index (Phi) is 7.47. The summed E-state index contributed by atoms with van der Waals surface area (Å²) >= 11 is 0. The third-order valence-corrected chi connectivity index (χ3v) is 10.1. The van der Waals surface area contributed by atoms with Crippen LogP contribution in [0.4, 0.5) is 0 Å². The van der Waals surface area contributed by atoms with Gasteiger partial charge in [0.15, 0.2) is 5.82 Å². The third kappa shape index (κ3) is 5.65. The molecule has 0 aliphatic rings. The fourth-order valence-corrected chi connectivity index (χ4v) is 7.46. The second-order valence-electron chi connectivity index (χ2n) is 13.4. The van der Waals surface area contributed by atoms with Crippen molar-refractivity contribution in [3.05, 3.63) is 194 Å². The van der Waals surface area contributed by atoms with Crippen molar-refractivity contribution in [2.75, 3.05) is 0 Å². The van der Waals surface area contributed by atoms with Gasteiger partial charge in [-0.3, -0.25) is 0 Å². The zero-order valence-electron chi connectivity index (χ0n) is 28.8. The molecule has 3 nitrogen and oxygen atoms in total. The van der Waals surface area contributed by atoms with Crippen molar-refractivity contribution in [3.63, 3.8) is 0 Å². The predicted molar refractivity (Wildman–Crippen MR) is 219 cm³/mol. The van der Waals surface area contributed by atoms with Crippen molar-refractivity contribution < 1.29 is 4.42 Å². The van der Waals surface area contributed by atoms with Gasteiger partial charge in [-0.25, -0.2) is 9.97 Å². The molecule has 0 radical (unpaired) electrons. The van der Waals surface area contributed by atoms with Crippen LogP contribution in [0.15, 0.2) is 199 Å². The standard InChI is InChI=1S/C50H32N2O/c1-3-14-33(15-4-1)38-29-39(42-23-13-24-44-43-21-11-12-25-48(43)53-49(42)44)31-40(30-38)47-32-46(37-27-26-34-16-7-8-19-36(34)28-37)51-50(52-47)45-22-10-9-20-41(45)35-17-5-2-6-18-35/h1-32H. The van der Waals surface area contributed by atoms with Gasteiger partial charge in [0.25, 0.3) is 0 Å². The molecule has 53 heavy (non-hydrogen) atoms. The van der Waals surface area contributed by atoms with E-state index in [2.05, 4.69) is 176 Å². The first-order chi connectivity index (χ1) is 26.2. The van der Waals surface area contributed by atoms with Crippen LogP contribution < -0.4 is 0 Å². The van der Waals surface area contributed by atoms with E-state index in [1.165, 1.54) is 10.8 Å². The highest BCUT2D eigenvalue weighted by Gasteiger charge is 2.18. The molecule has 0 unspecified atom stereocenters. The van der Waals surface area contributed by atoms with Gasteiger partial charge in [-0.2, -0.15) is 0 Å². The molecule has 0 saturated carbocycles. The molecule has 0 amide bonds. The van der Waals surface area contributed by atoms with Crippen LogP contribution >= 0.6 is 0 Å². The quantitative estimate of drug-likeness (QED) is 0.176. The molecule has 248 valence electrons. The number of fused-ring (bicyclic) bond motifs is 4. The van der Waals surface area contributed by atoms with E-state index in [-0.39, 0.29) is 0 Å². The summed E-state index contributed by atoms with van der Waals surface area (Å²) in [6.45, 7) is 0. The molecule has 0 atom stereocenters. The van der Waals surface area contributed by atoms with Crippen LogP contribution in [0.1, 0.15) is 0 Å². The topological polar surface area (TPSA) is 38.9 Å². The van der Waals surface area contributed by atoms with Crippen LogP contribution in [0.3, 0.4) is 0 Å². The van der Waals surface area contributed by atoms with Gasteiger partial charge >= 0.3 is 0 Å². The maximum atomic E-state index is 6.55. The van der Waals surface area contributed by atoms with Crippen LogP contribution in [-0.4, -0.2) is 9.97 Å². The van der Waals surface area contributed by atoms with E-state index >= 15 is 0 Å². The van der Waals surface area contributed by atoms with E-state index in [0.717, 1.165) is 83.4 Å². The number of benzene rings is 8. The fourth-order valence-electron chi connectivity index (χ4n) is 7.46. The Balaban J connectivity index is 1.23. The van der Waals surface area contributed by atoms with Crippen molar-refractivity contribution in [2.45, 2.75) is 0 Å². The smallest absolute Gasteiger partial charge is 0.161 e. The van der Waals surface area contributed by atoms with Crippen molar-refractivity contribution in [2.24, 2.45) is 0 Å². The van der Waals surface area contributed by atoms with Crippen molar-refractivity contribution in [3.8, 4) is 67.3 Å². The Bertz CT molecular complexity index is 2950. The van der Waals surface area contributed by atoms with E-state index < -0.39 is 0 Å². The lowest BCUT2D eigenvalue weighted by atomic mass is 9.93. The number of rotatable bonds is 6. The maximum absolute atomic E-state index is 6.55. The van der Waals surface area contributed by atoms with Gasteiger partial charge in [-0.05, 0) is 75.0 Å². The Labute approximate surface area is 307 Å². The molecule has 0 saturated heterocycles. The second-order valence-corrected chi connectivity index (χ2v) is 13.4. The van der Waals surface area contributed by atoms with Gasteiger partial charge in [0.05, 0.1) is 11.4 Å². The van der Waals surface area contributed by atoms with Crippen molar-refractivity contribution in [1.29, 1.82) is 0 Å². The summed E-state index contributed by atoms with van der Waals surface area (Å²) < 4.78 is 6.55. The molecular weight excluding hydrogens is 645 g/mol. The van der Waals surface area contributed by atoms with Crippen LogP contribution in [0.5, 0.6) is 0 Å². The first kappa shape index (κ1) is 30.7. The number of hydrogen-bond donors (Lipinski definition) is 0. The van der Waals surface area contributed by atoms with Gasteiger partial charge in [0.1, 0.15) is 11.2 Å². The molecule has 0 fully saturated rings. The molecule has 2 aromatic heterocycles. The summed E-state index contributed by atoms with van der Waals surface area (Å²) in [5, 5.41) is 4.58. The van der Waals surface area contributed by atoms with Gasteiger partial charge in [-0.15, -0.1) is 0 Å². The third-order valence-electron chi connectivity index (χ3n) is 10.1. The maximum Gasteiger partial charge on any atom is 0.161 e. The van der Waals surface area contributed by atoms with E-state index in [0.29, 0.717) is 5.82 Å². The SMILES string of the molecule is c1ccc(-c2cc(-c3cc(-c4ccc5ccccc5c4)nc(-c4ccccc4-c4ccccc4)n3)cc(-c3cccc4c3oc3ccccc34)c2)cc1. The van der Waals surface area contributed by atoms with Crippen LogP contribution in [0.2, 0.25) is 0 Å². The number of nitrogens with zero attached hydrogens (tertiary/aromatic N) is 2. The molecule has 0 spiro atoms. The van der Waals surface area contributed by atoms with Gasteiger partial charge < -0.3 is 4.42 Å². The molecule has 3 heteroatoms. The molecule has 8 aromatic carbocycles. The molecule has 10 aromatic rings. The number of hydrogen-bond acceptors (Lipinski definition) is 3. The minimum absolute atomic E-state index is 0.677. The van der Waals surface area contributed by atoms with Crippen LogP contribution in [0, 0.1) is 0 Å². The predicted octanol–water partition coefficient (Wildman–Crippen LogP) is 13.5. The van der Waals surface area contributed by atoms with Gasteiger partial charge in [0.2, 0.25) is 0 Å². The first-order valence-corrected chi connectivity index (χ1v) is 17.9. The Morgan fingerprint density at radius 2 is 0.925 bits per heavy atom. The van der Waals surface area contributed by atoms with E-state index in [1.807, 2.05) is 18.2 Å². The highest BCUT2D eigenvalue weighted by atomic mass is 16.3. The highest BCUT2D eigenvalue weighted by molar-refractivity contribution is 6.10. The number of para-hydroxylation sites is 2. The van der Waals surface area contributed by atoms with E-state index in [4.69, 9.17) is 14.4 Å². The summed E-state index contributed by atoms with van der Waals surface area (Å²) in [5.41, 5.74) is 13.0. The van der Waals surface area contributed by atoms with Crippen LogP contribution in [0.25, 0.3) is 100.0 Å². The molecule has 0 aliphatic heterocycles. The highest BCUT2D eigenvalue weighted by Crippen LogP contribution is 2.40. The summed E-state index contributed by atoms with van der Waals surface area (Å²) in [6.07, 6.45) is 0.